The lowest BCUT2D eigenvalue weighted by Crippen LogP contribution is -2.13. The highest BCUT2D eigenvalue weighted by Gasteiger charge is 2.35. The minimum absolute atomic E-state index is 0.120. The fourth-order valence-electron chi connectivity index (χ4n) is 1.38. The predicted molar refractivity (Wildman–Crippen MR) is 54.3 cm³/mol. The summed E-state index contributed by atoms with van der Waals surface area (Å²) in [5.41, 5.74) is 5.27. The molecule has 1 aromatic rings. The number of nitrogens with two attached hydrogens (primary N) is 1. The molecule has 1 fully saturated rings. The third kappa shape index (κ3) is 3.47. The van der Waals surface area contributed by atoms with Gasteiger partial charge in [0.25, 0.3) is 0 Å². The van der Waals surface area contributed by atoms with Crippen LogP contribution in [0.4, 0.5) is 19.0 Å². The van der Waals surface area contributed by atoms with Crippen molar-refractivity contribution in [1.29, 1.82) is 0 Å². The molecule has 0 bridgehead atoms. The maximum absolute atomic E-state index is 12.4. The van der Waals surface area contributed by atoms with Gasteiger partial charge in [0.05, 0.1) is 6.61 Å². The molecule has 0 aromatic carbocycles. The van der Waals surface area contributed by atoms with E-state index in [0.717, 1.165) is 6.42 Å². The van der Waals surface area contributed by atoms with E-state index < -0.39 is 12.0 Å². The van der Waals surface area contributed by atoms with Crippen molar-refractivity contribution in [1.82, 2.24) is 9.97 Å². The normalized spacial score (nSPS) is 15.9. The number of rotatable bonds is 4. The first kappa shape index (κ1) is 11.9. The molecule has 1 aromatic heterocycles. The monoisotopic (exact) mass is 247 g/mol. The van der Waals surface area contributed by atoms with Crippen LogP contribution in [0.2, 0.25) is 0 Å². The van der Waals surface area contributed by atoms with Gasteiger partial charge in [0.15, 0.2) is 0 Å². The van der Waals surface area contributed by atoms with E-state index in [9.17, 15) is 13.2 Å². The van der Waals surface area contributed by atoms with Gasteiger partial charge in [-0.1, -0.05) is 12.8 Å². The third-order valence-electron chi connectivity index (χ3n) is 2.45. The number of nitrogen functional groups attached to an aromatic ring is 1. The largest absolute Gasteiger partial charge is 0.478 e. The minimum atomic E-state index is -4.61. The van der Waals surface area contributed by atoms with Crippen LogP contribution in [0.5, 0.6) is 5.88 Å². The first-order valence-corrected chi connectivity index (χ1v) is 5.29. The number of aromatic nitrogens is 2. The Morgan fingerprint density at radius 3 is 2.65 bits per heavy atom. The summed E-state index contributed by atoms with van der Waals surface area (Å²) in [4.78, 5) is 6.41. The van der Waals surface area contributed by atoms with Crippen LogP contribution in [0.15, 0.2) is 6.07 Å². The summed E-state index contributed by atoms with van der Waals surface area (Å²) in [6, 6.07) is 1.20. The fourth-order valence-corrected chi connectivity index (χ4v) is 1.38. The molecule has 1 aliphatic carbocycles. The topological polar surface area (TPSA) is 61.0 Å². The molecule has 0 radical (unpaired) electrons. The van der Waals surface area contributed by atoms with E-state index in [2.05, 4.69) is 9.97 Å². The summed E-state index contributed by atoms with van der Waals surface area (Å²) in [5.74, 6) is -0.977. The number of nitrogens with zero attached hydrogens (tertiary/aromatic N) is 2. The van der Waals surface area contributed by atoms with Gasteiger partial charge in [-0.15, -0.1) is 0 Å². The highest BCUT2D eigenvalue weighted by Crippen LogP contribution is 2.32. The molecule has 4 nitrogen and oxygen atoms in total. The molecule has 17 heavy (non-hydrogen) atoms. The Kier molecular flexibility index (Phi) is 3.08. The van der Waals surface area contributed by atoms with Crippen molar-refractivity contribution in [2.24, 2.45) is 5.92 Å². The van der Waals surface area contributed by atoms with E-state index in [1.54, 1.807) is 0 Å². The maximum atomic E-state index is 12.4. The van der Waals surface area contributed by atoms with E-state index in [4.69, 9.17) is 10.5 Å². The zero-order valence-electron chi connectivity index (χ0n) is 9.00. The van der Waals surface area contributed by atoms with Crippen LogP contribution in [0.3, 0.4) is 0 Å². The SMILES string of the molecule is Nc1cc(OCCC2CC2)nc(C(F)(F)F)n1. The summed E-state index contributed by atoms with van der Waals surface area (Å²) < 4.78 is 42.3. The Morgan fingerprint density at radius 2 is 2.06 bits per heavy atom. The molecular formula is C10H12F3N3O. The lowest BCUT2D eigenvalue weighted by molar-refractivity contribution is -0.145. The molecule has 7 heteroatoms. The van der Waals surface area contributed by atoms with Crippen LogP contribution in [0.1, 0.15) is 25.1 Å². The second kappa shape index (κ2) is 4.38. The molecule has 2 N–H and O–H groups in total. The molecular weight excluding hydrogens is 235 g/mol. The van der Waals surface area contributed by atoms with E-state index >= 15 is 0 Å². The van der Waals surface area contributed by atoms with E-state index in [1.165, 1.54) is 18.9 Å². The standard InChI is InChI=1S/C10H12F3N3O/c11-10(12,13)9-15-7(14)5-8(16-9)17-4-3-6-1-2-6/h5-6H,1-4H2,(H2,14,15,16). The summed E-state index contributed by atoms with van der Waals surface area (Å²) in [6.07, 6.45) is -1.43. The Bertz CT molecular complexity index is 404. The Hall–Kier alpha value is -1.53. The van der Waals surface area contributed by atoms with E-state index in [0.29, 0.717) is 12.5 Å². The molecule has 0 aliphatic heterocycles. The van der Waals surface area contributed by atoms with Crippen molar-refractivity contribution in [3.05, 3.63) is 11.9 Å². The van der Waals surface area contributed by atoms with Crippen molar-refractivity contribution in [3.63, 3.8) is 0 Å². The second-order valence-electron chi connectivity index (χ2n) is 4.03. The molecule has 1 saturated carbocycles. The Balaban J connectivity index is 2.02. The Morgan fingerprint density at radius 1 is 1.35 bits per heavy atom. The number of ether oxygens (including phenoxy) is 1. The molecule has 0 amide bonds. The van der Waals surface area contributed by atoms with Crippen LogP contribution in [-0.2, 0) is 6.18 Å². The van der Waals surface area contributed by atoms with Crippen molar-refractivity contribution in [3.8, 4) is 5.88 Å². The number of hydrogen-bond donors (Lipinski definition) is 1. The molecule has 0 unspecified atom stereocenters. The quantitative estimate of drug-likeness (QED) is 0.886. The van der Waals surface area contributed by atoms with Crippen molar-refractivity contribution >= 4 is 5.82 Å². The van der Waals surface area contributed by atoms with Crippen LogP contribution >= 0.6 is 0 Å². The second-order valence-corrected chi connectivity index (χ2v) is 4.03. The van der Waals surface area contributed by atoms with Gasteiger partial charge in [-0.2, -0.15) is 18.2 Å². The van der Waals surface area contributed by atoms with Gasteiger partial charge < -0.3 is 10.5 Å². The van der Waals surface area contributed by atoms with Crippen molar-refractivity contribution in [2.75, 3.05) is 12.3 Å². The molecule has 2 rings (SSSR count). The van der Waals surface area contributed by atoms with E-state index in [-0.39, 0.29) is 11.7 Å². The third-order valence-corrected chi connectivity index (χ3v) is 2.45. The van der Waals surface area contributed by atoms with Crippen LogP contribution < -0.4 is 10.5 Å². The number of hydrogen-bond acceptors (Lipinski definition) is 4. The molecule has 94 valence electrons. The van der Waals surface area contributed by atoms with Crippen molar-refractivity contribution < 1.29 is 17.9 Å². The summed E-state index contributed by atoms with van der Waals surface area (Å²) >= 11 is 0. The molecule has 1 aliphatic rings. The molecule has 0 spiro atoms. The molecule has 0 atom stereocenters. The maximum Gasteiger partial charge on any atom is 0.451 e. The predicted octanol–water partition coefficient (Wildman–Crippen LogP) is 2.26. The van der Waals surface area contributed by atoms with Crippen LogP contribution in [0.25, 0.3) is 0 Å². The minimum Gasteiger partial charge on any atom is -0.478 e. The van der Waals surface area contributed by atoms with Gasteiger partial charge in [0, 0.05) is 6.07 Å². The van der Waals surface area contributed by atoms with Gasteiger partial charge in [0.2, 0.25) is 11.7 Å². The first-order valence-electron chi connectivity index (χ1n) is 5.29. The smallest absolute Gasteiger partial charge is 0.451 e. The molecule has 0 saturated heterocycles. The Labute approximate surface area is 96.0 Å². The molecule has 1 heterocycles. The fraction of sp³-hybridized carbons (Fsp3) is 0.600. The summed E-state index contributed by atoms with van der Waals surface area (Å²) in [6.45, 7) is 0.360. The lowest BCUT2D eigenvalue weighted by atomic mass is 10.3. The first-order chi connectivity index (χ1) is 7.95. The highest BCUT2D eigenvalue weighted by molar-refractivity contribution is 5.33. The van der Waals surface area contributed by atoms with E-state index in [1.807, 2.05) is 0 Å². The van der Waals surface area contributed by atoms with Gasteiger partial charge in [0.1, 0.15) is 5.82 Å². The zero-order valence-corrected chi connectivity index (χ0v) is 9.00. The van der Waals surface area contributed by atoms with Gasteiger partial charge in [-0.25, -0.2) is 4.98 Å². The number of anilines is 1. The summed E-state index contributed by atoms with van der Waals surface area (Å²) in [5, 5.41) is 0. The highest BCUT2D eigenvalue weighted by atomic mass is 19.4. The van der Waals surface area contributed by atoms with Gasteiger partial charge in [-0.3, -0.25) is 0 Å². The van der Waals surface area contributed by atoms with Crippen LogP contribution in [0, 0.1) is 5.92 Å². The van der Waals surface area contributed by atoms with Crippen molar-refractivity contribution in [2.45, 2.75) is 25.4 Å². The van der Waals surface area contributed by atoms with Gasteiger partial charge in [-0.05, 0) is 12.3 Å². The average molecular weight is 247 g/mol. The zero-order chi connectivity index (χ0) is 12.5. The number of halogens is 3. The van der Waals surface area contributed by atoms with Gasteiger partial charge >= 0.3 is 6.18 Å². The average Bonchev–Trinajstić information content (AvgIpc) is 2.99. The lowest BCUT2D eigenvalue weighted by Gasteiger charge is -2.09. The van der Waals surface area contributed by atoms with Crippen LogP contribution in [-0.4, -0.2) is 16.6 Å². The summed E-state index contributed by atoms with van der Waals surface area (Å²) in [7, 11) is 0. The number of alkyl halides is 3.